The van der Waals surface area contributed by atoms with E-state index in [9.17, 15) is 5.11 Å². The summed E-state index contributed by atoms with van der Waals surface area (Å²) in [5, 5.41) is 18.0. The van der Waals surface area contributed by atoms with Gasteiger partial charge in [-0.3, -0.25) is 5.41 Å². The van der Waals surface area contributed by atoms with Gasteiger partial charge in [-0.15, -0.1) is 0 Å². The Morgan fingerprint density at radius 1 is 1.00 bits per heavy atom. The first-order chi connectivity index (χ1) is 7.70. The number of rotatable bonds is 2. The van der Waals surface area contributed by atoms with Crippen molar-refractivity contribution in [3.63, 3.8) is 0 Å². The number of hydrogen-bond donors (Lipinski definition) is 2. The van der Waals surface area contributed by atoms with Gasteiger partial charge in [-0.25, -0.2) is 0 Å². The molecular weight excluding hydrogens is 222 g/mol. The molecule has 2 N–H and O–H groups in total. The third kappa shape index (κ3) is 1.92. The van der Waals surface area contributed by atoms with Crippen molar-refractivity contribution < 1.29 is 5.11 Å². The van der Waals surface area contributed by atoms with Gasteiger partial charge in [0.15, 0.2) is 0 Å². The molecule has 0 amide bonds. The maximum Gasteiger partial charge on any atom is 0.143 e. The molecule has 0 fully saturated rings. The van der Waals surface area contributed by atoms with E-state index in [0.29, 0.717) is 5.56 Å². The second-order valence-electron chi connectivity index (χ2n) is 3.38. The van der Waals surface area contributed by atoms with Crippen LogP contribution in [0.1, 0.15) is 11.1 Å². The fourth-order valence-corrected chi connectivity index (χ4v) is 1.65. The summed E-state index contributed by atoms with van der Waals surface area (Å²) < 4.78 is 0. The summed E-state index contributed by atoms with van der Waals surface area (Å²) in [5.41, 5.74) is 1.46. The number of phenolic OH excluding ortho intramolecular Hbond substituents is 1. The average Bonchev–Trinajstić information content (AvgIpc) is 2.33. The first kappa shape index (κ1) is 10.7. The van der Waals surface area contributed by atoms with Gasteiger partial charge in [-0.2, -0.15) is 0 Å². The van der Waals surface area contributed by atoms with Gasteiger partial charge >= 0.3 is 0 Å². The second kappa shape index (κ2) is 4.37. The van der Waals surface area contributed by atoms with E-state index in [2.05, 4.69) is 0 Å². The highest BCUT2D eigenvalue weighted by Gasteiger charge is 2.11. The minimum absolute atomic E-state index is 0.0435. The molecule has 3 heteroatoms. The molecule has 0 spiro atoms. The van der Waals surface area contributed by atoms with Gasteiger partial charge in [0.2, 0.25) is 0 Å². The number of halogens is 1. The molecule has 2 aromatic carbocycles. The first-order valence-electron chi connectivity index (χ1n) is 4.82. The lowest BCUT2D eigenvalue weighted by Gasteiger charge is -2.07. The minimum atomic E-state index is -0.0435. The van der Waals surface area contributed by atoms with Gasteiger partial charge < -0.3 is 5.11 Å². The van der Waals surface area contributed by atoms with Crippen LogP contribution in [0.2, 0.25) is 5.02 Å². The van der Waals surface area contributed by atoms with Gasteiger partial charge in [0.05, 0.1) is 10.7 Å². The standard InChI is InChI=1S/C13H10ClNO/c14-11-8-4-7-10(13(11)16)12(15)9-5-2-1-3-6-9/h1-8,15-16H. The molecular formula is C13H10ClNO. The van der Waals surface area contributed by atoms with Crippen molar-refractivity contribution in [2.45, 2.75) is 0 Å². The summed E-state index contributed by atoms with van der Waals surface area (Å²) in [6, 6.07) is 14.2. The van der Waals surface area contributed by atoms with E-state index in [-0.39, 0.29) is 16.5 Å². The highest BCUT2D eigenvalue weighted by atomic mass is 35.5. The van der Waals surface area contributed by atoms with Crippen molar-refractivity contribution >= 4 is 17.3 Å². The van der Waals surface area contributed by atoms with Crippen LogP contribution in [-0.4, -0.2) is 10.8 Å². The highest BCUT2D eigenvalue weighted by Crippen LogP contribution is 2.28. The minimum Gasteiger partial charge on any atom is -0.506 e. The first-order valence-corrected chi connectivity index (χ1v) is 5.20. The monoisotopic (exact) mass is 231 g/mol. The van der Waals surface area contributed by atoms with Crippen molar-refractivity contribution in [2.75, 3.05) is 0 Å². The zero-order valence-corrected chi connectivity index (χ0v) is 9.20. The Bertz CT molecular complexity index is 523. The Labute approximate surface area is 98.6 Å². The van der Waals surface area contributed by atoms with E-state index in [4.69, 9.17) is 17.0 Å². The van der Waals surface area contributed by atoms with Crippen LogP contribution in [0.15, 0.2) is 48.5 Å². The Morgan fingerprint density at radius 3 is 2.38 bits per heavy atom. The summed E-state index contributed by atoms with van der Waals surface area (Å²) >= 11 is 5.80. The molecule has 0 aromatic heterocycles. The maximum absolute atomic E-state index is 9.76. The zero-order valence-electron chi connectivity index (χ0n) is 8.44. The molecule has 0 bridgehead atoms. The average molecular weight is 232 g/mol. The fraction of sp³-hybridized carbons (Fsp3) is 0. The highest BCUT2D eigenvalue weighted by molar-refractivity contribution is 6.33. The van der Waals surface area contributed by atoms with E-state index in [0.717, 1.165) is 5.56 Å². The topological polar surface area (TPSA) is 44.1 Å². The van der Waals surface area contributed by atoms with Gasteiger partial charge in [-0.05, 0) is 12.1 Å². The molecule has 0 aliphatic carbocycles. The van der Waals surface area contributed by atoms with Crippen LogP contribution in [0.4, 0.5) is 0 Å². The van der Waals surface area contributed by atoms with Crippen LogP contribution < -0.4 is 0 Å². The fourth-order valence-electron chi connectivity index (χ4n) is 1.48. The summed E-state index contributed by atoms with van der Waals surface area (Å²) in [6.45, 7) is 0. The summed E-state index contributed by atoms with van der Waals surface area (Å²) in [4.78, 5) is 0. The number of aromatic hydroxyl groups is 1. The summed E-state index contributed by atoms with van der Waals surface area (Å²) in [7, 11) is 0. The predicted molar refractivity (Wildman–Crippen MR) is 65.5 cm³/mol. The summed E-state index contributed by atoms with van der Waals surface area (Å²) in [5.74, 6) is -0.0435. The van der Waals surface area contributed by atoms with Crippen LogP contribution in [0.25, 0.3) is 0 Å². The maximum atomic E-state index is 9.76. The number of para-hydroxylation sites is 1. The van der Waals surface area contributed by atoms with Gasteiger partial charge in [-0.1, -0.05) is 48.0 Å². The Kier molecular flexibility index (Phi) is 2.93. The van der Waals surface area contributed by atoms with Gasteiger partial charge in [0, 0.05) is 11.1 Å². The third-order valence-electron chi connectivity index (χ3n) is 2.32. The van der Waals surface area contributed by atoms with E-state index >= 15 is 0 Å². The summed E-state index contributed by atoms with van der Waals surface area (Å²) in [6.07, 6.45) is 0. The molecule has 2 rings (SSSR count). The molecule has 0 aliphatic heterocycles. The molecule has 0 heterocycles. The predicted octanol–water partition coefficient (Wildman–Crippen LogP) is 3.46. The lowest BCUT2D eigenvalue weighted by atomic mass is 10.0. The SMILES string of the molecule is N=C(c1ccccc1)c1cccc(Cl)c1O. The molecule has 16 heavy (non-hydrogen) atoms. The van der Waals surface area contributed by atoms with Crippen molar-refractivity contribution in [3.8, 4) is 5.75 Å². The van der Waals surface area contributed by atoms with Crippen LogP contribution >= 0.6 is 11.6 Å². The molecule has 0 saturated carbocycles. The number of benzene rings is 2. The Balaban J connectivity index is 2.46. The normalized spacial score (nSPS) is 10.1. The van der Waals surface area contributed by atoms with Crippen molar-refractivity contribution in [1.29, 1.82) is 5.41 Å². The van der Waals surface area contributed by atoms with E-state index in [1.165, 1.54) is 0 Å². The Morgan fingerprint density at radius 2 is 1.69 bits per heavy atom. The third-order valence-corrected chi connectivity index (χ3v) is 2.62. The van der Waals surface area contributed by atoms with E-state index in [1.54, 1.807) is 18.2 Å². The van der Waals surface area contributed by atoms with Crippen molar-refractivity contribution in [1.82, 2.24) is 0 Å². The molecule has 0 unspecified atom stereocenters. The molecule has 2 nitrogen and oxygen atoms in total. The molecule has 0 saturated heterocycles. The van der Waals surface area contributed by atoms with E-state index < -0.39 is 0 Å². The largest absolute Gasteiger partial charge is 0.506 e. The number of hydrogen-bond acceptors (Lipinski definition) is 2. The number of phenols is 1. The second-order valence-corrected chi connectivity index (χ2v) is 3.78. The molecule has 2 aromatic rings. The van der Waals surface area contributed by atoms with Crippen LogP contribution in [0.5, 0.6) is 5.75 Å². The van der Waals surface area contributed by atoms with Crippen LogP contribution in [0, 0.1) is 5.41 Å². The Hall–Kier alpha value is -1.80. The lowest BCUT2D eigenvalue weighted by molar-refractivity contribution is 0.474. The van der Waals surface area contributed by atoms with Crippen molar-refractivity contribution in [3.05, 3.63) is 64.7 Å². The van der Waals surface area contributed by atoms with E-state index in [1.807, 2.05) is 30.3 Å². The van der Waals surface area contributed by atoms with Gasteiger partial charge in [0.1, 0.15) is 5.75 Å². The zero-order chi connectivity index (χ0) is 11.5. The molecule has 0 aliphatic rings. The van der Waals surface area contributed by atoms with Crippen LogP contribution in [0.3, 0.4) is 0 Å². The molecule has 0 radical (unpaired) electrons. The molecule has 80 valence electrons. The van der Waals surface area contributed by atoms with Gasteiger partial charge in [0.25, 0.3) is 0 Å². The van der Waals surface area contributed by atoms with Crippen LogP contribution in [-0.2, 0) is 0 Å². The lowest BCUT2D eigenvalue weighted by Crippen LogP contribution is -2.01. The van der Waals surface area contributed by atoms with Crippen molar-refractivity contribution in [2.24, 2.45) is 0 Å². The molecule has 0 atom stereocenters. The quantitative estimate of drug-likeness (QED) is 0.764. The smallest absolute Gasteiger partial charge is 0.143 e. The number of nitrogens with one attached hydrogen (secondary N) is 1.